The standard InChI is InChI=1S/C17H20ClN3O2/c1-12-10-19-17(20-12)15-11-21(8-9-23-15)16(22)7-4-13-2-5-14(18)6-3-13/h2-3,5-6,10,15H,4,7-9,11H2,1H3,(H,19,20)/t15-/m1/s1. The normalized spacial score (nSPS) is 18.2. The Hall–Kier alpha value is -1.85. The molecule has 0 saturated carbocycles. The number of nitrogens with one attached hydrogen (secondary N) is 1. The SMILES string of the molecule is Cc1cnc([C@H]2CN(C(=O)CCc3ccc(Cl)cc3)CCO2)[nH]1. The van der Waals surface area contributed by atoms with E-state index in [4.69, 9.17) is 16.3 Å². The zero-order valence-electron chi connectivity index (χ0n) is 13.1. The fraction of sp³-hybridized carbons (Fsp3) is 0.412. The quantitative estimate of drug-likeness (QED) is 0.936. The van der Waals surface area contributed by atoms with Crippen molar-refractivity contribution in [2.24, 2.45) is 0 Å². The second-order valence-corrected chi connectivity index (χ2v) is 6.21. The molecule has 0 unspecified atom stereocenters. The monoisotopic (exact) mass is 333 g/mol. The smallest absolute Gasteiger partial charge is 0.223 e. The highest BCUT2D eigenvalue weighted by molar-refractivity contribution is 6.30. The van der Waals surface area contributed by atoms with Crippen LogP contribution in [0.5, 0.6) is 0 Å². The summed E-state index contributed by atoms with van der Waals surface area (Å²) in [6.45, 7) is 3.67. The van der Waals surface area contributed by atoms with Crippen molar-refractivity contribution in [3.05, 3.63) is 52.6 Å². The summed E-state index contributed by atoms with van der Waals surface area (Å²) < 4.78 is 5.73. The summed E-state index contributed by atoms with van der Waals surface area (Å²) in [7, 11) is 0. The fourth-order valence-electron chi connectivity index (χ4n) is 2.70. The first-order valence-corrected chi connectivity index (χ1v) is 8.15. The number of rotatable bonds is 4. The van der Waals surface area contributed by atoms with Gasteiger partial charge in [-0.1, -0.05) is 23.7 Å². The molecule has 1 atom stereocenters. The molecule has 1 aromatic carbocycles. The highest BCUT2D eigenvalue weighted by Gasteiger charge is 2.26. The van der Waals surface area contributed by atoms with E-state index in [9.17, 15) is 4.79 Å². The third-order valence-corrected chi connectivity index (χ3v) is 4.24. The van der Waals surface area contributed by atoms with E-state index in [-0.39, 0.29) is 12.0 Å². The topological polar surface area (TPSA) is 58.2 Å². The maximum Gasteiger partial charge on any atom is 0.223 e. The van der Waals surface area contributed by atoms with Crippen LogP contribution in [-0.4, -0.2) is 40.5 Å². The number of carbonyl (C=O) groups is 1. The van der Waals surface area contributed by atoms with Crippen molar-refractivity contribution in [1.29, 1.82) is 0 Å². The minimum absolute atomic E-state index is 0.150. The van der Waals surface area contributed by atoms with Gasteiger partial charge in [-0.05, 0) is 31.0 Å². The lowest BCUT2D eigenvalue weighted by atomic mass is 10.1. The van der Waals surface area contributed by atoms with Crippen LogP contribution in [0, 0.1) is 6.92 Å². The molecule has 1 aliphatic heterocycles. The fourth-order valence-corrected chi connectivity index (χ4v) is 2.82. The molecular formula is C17H20ClN3O2. The Morgan fingerprint density at radius 2 is 2.22 bits per heavy atom. The van der Waals surface area contributed by atoms with Crippen molar-refractivity contribution in [2.75, 3.05) is 19.7 Å². The third kappa shape index (κ3) is 4.12. The summed E-state index contributed by atoms with van der Waals surface area (Å²) in [5.41, 5.74) is 2.11. The summed E-state index contributed by atoms with van der Waals surface area (Å²) in [6, 6.07) is 7.63. The Kier molecular flexibility index (Phi) is 4.98. The van der Waals surface area contributed by atoms with E-state index in [0.29, 0.717) is 31.1 Å². The van der Waals surface area contributed by atoms with Gasteiger partial charge in [0, 0.05) is 29.9 Å². The third-order valence-electron chi connectivity index (χ3n) is 3.99. The second-order valence-electron chi connectivity index (χ2n) is 5.78. The van der Waals surface area contributed by atoms with E-state index in [1.807, 2.05) is 36.1 Å². The van der Waals surface area contributed by atoms with Crippen molar-refractivity contribution in [1.82, 2.24) is 14.9 Å². The summed E-state index contributed by atoms with van der Waals surface area (Å²) in [6.07, 6.45) is 2.82. The van der Waals surface area contributed by atoms with Gasteiger partial charge in [0.15, 0.2) is 0 Å². The number of halogens is 1. The maximum absolute atomic E-state index is 12.4. The van der Waals surface area contributed by atoms with Crippen LogP contribution >= 0.6 is 11.6 Å². The predicted octanol–water partition coefficient (Wildman–Crippen LogP) is 2.90. The highest BCUT2D eigenvalue weighted by Crippen LogP contribution is 2.20. The number of aromatic nitrogens is 2. The van der Waals surface area contributed by atoms with Crippen molar-refractivity contribution >= 4 is 17.5 Å². The largest absolute Gasteiger partial charge is 0.367 e. The van der Waals surface area contributed by atoms with Crippen LogP contribution in [0.15, 0.2) is 30.5 Å². The van der Waals surface area contributed by atoms with E-state index in [2.05, 4.69) is 9.97 Å². The molecule has 1 fully saturated rings. The molecule has 1 N–H and O–H groups in total. The molecule has 1 amide bonds. The first kappa shape index (κ1) is 16.0. The first-order valence-electron chi connectivity index (χ1n) is 7.77. The molecule has 23 heavy (non-hydrogen) atoms. The molecule has 1 aliphatic rings. The number of hydrogen-bond donors (Lipinski definition) is 1. The van der Waals surface area contributed by atoms with Gasteiger partial charge >= 0.3 is 0 Å². The van der Waals surface area contributed by atoms with E-state index < -0.39 is 0 Å². The van der Waals surface area contributed by atoms with Gasteiger partial charge in [0.05, 0.1) is 13.2 Å². The van der Waals surface area contributed by atoms with Gasteiger partial charge in [0.1, 0.15) is 11.9 Å². The molecule has 0 aliphatic carbocycles. The number of hydrogen-bond acceptors (Lipinski definition) is 3. The number of H-pyrrole nitrogens is 1. The van der Waals surface area contributed by atoms with Crippen LogP contribution in [0.25, 0.3) is 0 Å². The number of imidazole rings is 1. The number of amides is 1. The minimum Gasteiger partial charge on any atom is -0.367 e. The molecular weight excluding hydrogens is 314 g/mol. The zero-order valence-corrected chi connectivity index (χ0v) is 13.8. The number of benzene rings is 1. The second kappa shape index (κ2) is 7.15. The van der Waals surface area contributed by atoms with Gasteiger partial charge < -0.3 is 14.6 Å². The van der Waals surface area contributed by atoms with Crippen molar-refractivity contribution in [3.63, 3.8) is 0 Å². The van der Waals surface area contributed by atoms with Crippen molar-refractivity contribution < 1.29 is 9.53 Å². The Balaban J connectivity index is 1.55. The number of aromatic amines is 1. The predicted molar refractivity (Wildman–Crippen MR) is 88.4 cm³/mol. The average Bonchev–Trinajstić information content (AvgIpc) is 3.01. The molecule has 2 heterocycles. The summed E-state index contributed by atoms with van der Waals surface area (Å²) in [5, 5.41) is 0.713. The number of ether oxygens (including phenoxy) is 1. The van der Waals surface area contributed by atoms with E-state index in [0.717, 1.165) is 23.5 Å². The van der Waals surface area contributed by atoms with Gasteiger partial charge in [-0.2, -0.15) is 0 Å². The lowest BCUT2D eigenvalue weighted by molar-refractivity contribution is -0.139. The van der Waals surface area contributed by atoms with Gasteiger partial charge in [-0.25, -0.2) is 4.98 Å². The van der Waals surface area contributed by atoms with Gasteiger partial charge in [-0.3, -0.25) is 4.79 Å². The van der Waals surface area contributed by atoms with E-state index in [1.54, 1.807) is 6.20 Å². The number of morpholine rings is 1. The van der Waals surface area contributed by atoms with Crippen molar-refractivity contribution in [3.8, 4) is 0 Å². The zero-order chi connectivity index (χ0) is 16.2. The molecule has 1 saturated heterocycles. The molecule has 6 heteroatoms. The molecule has 0 radical (unpaired) electrons. The molecule has 3 rings (SSSR count). The molecule has 0 spiro atoms. The number of aryl methyl sites for hydroxylation is 2. The lowest BCUT2D eigenvalue weighted by Crippen LogP contribution is -2.42. The van der Waals surface area contributed by atoms with Gasteiger partial charge in [-0.15, -0.1) is 0 Å². The van der Waals surface area contributed by atoms with Gasteiger partial charge in [0.25, 0.3) is 0 Å². The Morgan fingerprint density at radius 1 is 1.43 bits per heavy atom. The number of nitrogens with zero attached hydrogens (tertiary/aromatic N) is 2. The summed E-state index contributed by atoms with van der Waals surface area (Å²) in [4.78, 5) is 21.8. The summed E-state index contributed by atoms with van der Waals surface area (Å²) >= 11 is 5.87. The molecule has 2 aromatic rings. The first-order chi connectivity index (χ1) is 11.1. The maximum atomic E-state index is 12.4. The summed E-state index contributed by atoms with van der Waals surface area (Å²) in [5.74, 6) is 0.939. The van der Waals surface area contributed by atoms with Gasteiger partial charge in [0.2, 0.25) is 5.91 Å². The average molecular weight is 334 g/mol. The minimum atomic E-state index is -0.170. The van der Waals surface area contributed by atoms with Crippen LogP contribution in [0.2, 0.25) is 5.02 Å². The Morgan fingerprint density at radius 3 is 2.91 bits per heavy atom. The van der Waals surface area contributed by atoms with Crippen LogP contribution in [0.4, 0.5) is 0 Å². The molecule has 122 valence electrons. The Labute approximate surface area is 140 Å². The molecule has 1 aromatic heterocycles. The van der Waals surface area contributed by atoms with E-state index >= 15 is 0 Å². The molecule has 0 bridgehead atoms. The molecule has 5 nitrogen and oxygen atoms in total. The highest BCUT2D eigenvalue weighted by atomic mass is 35.5. The van der Waals surface area contributed by atoms with Crippen LogP contribution in [0.1, 0.15) is 29.6 Å². The number of carbonyl (C=O) groups excluding carboxylic acids is 1. The van der Waals surface area contributed by atoms with Crippen LogP contribution in [0.3, 0.4) is 0 Å². The van der Waals surface area contributed by atoms with Crippen LogP contribution in [-0.2, 0) is 16.0 Å². The van der Waals surface area contributed by atoms with Crippen LogP contribution < -0.4 is 0 Å². The van der Waals surface area contributed by atoms with E-state index in [1.165, 1.54) is 0 Å². The Bertz CT molecular complexity index is 669. The van der Waals surface area contributed by atoms with Crippen molar-refractivity contribution in [2.45, 2.75) is 25.9 Å². The lowest BCUT2D eigenvalue weighted by Gasteiger charge is -2.32.